The van der Waals surface area contributed by atoms with E-state index < -0.39 is 0 Å². The summed E-state index contributed by atoms with van der Waals surface area (Å²) in [6.45, 7) is 2.69. The third-order valence-electron chi connectivity index (χ3n) is 4.70. The van der Waals surface area contributed by atoms with E-state index in [9.17, 15) is 9.90 Å². The highest BCUT2D eigenvalue weighted by atomic mass is 35.5. The Morgan fingerprint density at radius 2 is 2.00 bits per heavy atom. The number of halogens is 1. The van der Waals surface area contributed by atoms with Gasteiger partial charge >= 0.3 is 0 Å². The molecule has 1 aromatic heterocycles. The van der Waals surface area contributed by atoms with Crippen LogP contribution in [0.15, 0.2) is 47.0 Å². The van der Waals surface area contributed by atoms with Gasteiger partial charge in [-0.1, -0.05) is 41.0 Å². The number of fused-ring (bicyclic) bond motifs is 1. The van der Waals surface area contributed by atoms with E-state index in [1.807, 2.05) is 12.1 Å². The van der Waals surface area contributed by atoms with E-state index in [-0.39, 0.29) is 11.7 Å². The number of phenols is 1. The van der Waals surface area contributed by atoms with E-state index in [2.05, 4.69) is 5.16 Å². The number of amides is 1. The monoisotopic (exact) mass is 368 g/mol. The molecule has 3 aromatic rings. The maximum absolute atomic E-state index is 12.9. The van der Waals surface area contributed by atoms with Crippen molar-refractivity contribution in [1.29, 1.82) is 0 Å². The molecule has 5 nitrogen and oxygen atoms in total. The number of aryl methyl sites for hydroxylation is 1. The fourth-order valence-corrected chi connectivity index (χ4v) is 3.34. The molecular formula is C20H17ClN2O3. The van der Waals surface area contributed by atoms with Gasteiger partial charge in [0, 0.05) is 29.1 Å². The van der Waals surface area contributed by atoms with Gasteiger partial charge < -0.3 is 14.5 Å². The van der Waals surface area contributed by atoms with Gasteiger partial charge in [0.15, 0.2) is 0 Å². The van der Waals surface area contributed by atoms with Crippen LogP contribution in [0.4, 0.5) is 0 Å². The highest BCUT2D eigenvalue weighted by Gasteiger charge is 2.29. The Labute approximate surface area is 155 Å². The molecule has 6 heteroatoms. The number of hydrogen-bond donors (Lipinski definition) is 1. The summed E-state index contributed by atoms with van der Waals surface area (Å²) in [4.78, 5) is 14.6. The minimum absolute atomic E-state index is 0.0338. The molecule has 2 heterocycles. The molecule has 1 aliphatic rings. The van der Waals surface area contributed by atoms with Gasteiger partial charge in [-0.3, -0.25) is 4.79 Å². The topological polar surface area (TPSA) is 66.6 Å². The van der Waals surface area contributed by atoms with Crippen molar-refractivity contribution in [2.24, 2.45) is 0 Å². The number of hydrogen-bond acceptors (Lipinski definition) is 4. The summed E-state index contributed by atoms with van der Waals surface area (Å²) in [7, 11) is 0. The zero-order chi connectivity index (χ0) is 18.3. The average molecular weight is 369 g/mol. The molecule has 1 N–H and O–H groups in total. The molecule has 0 saturated carbocycles. The van der Waals surface area contributed by atoms with Gasteiger partial charge in [0.1, 0.15) is 17.2 Å². The first-order chi connectivity index (χ1) is 12.5. The summed E-state index contributed by atoms with van der Waals surface area (Å²) in [5, 5.41) is 15.1. The highest BCUT2D eigenvalue weighted by Crippen LogP contribution is 2.32. The summed E-state index contributed by atoms with van der Waals surface area (Å²) < 4.78 is 5.48. The predicted octanol–water partition coefficient (Wildman–Crippen LogP) is 4.21. The van der Waals surface area contributed by atoms with Crippen LogP contribution in [0.25, 0.3) is 11.3 Å². The third-order valence-corrected chi connectivity index (χ3v) is 4.95. The van der Waals surface area contributed by atoms with Crippen LogP contribution in [-0.2, 0) is 13.0 Å². The summed E-state index contributed by atoms with van der Waals surface area (Å²) in [6.07, 6.45) is 0.592. The number of benzene rings is 2. The molecule has 0 fully saturated rings. The molecule has 0 bridgehead atoms. The van der Waals surface area contributed by atoms with Gasteiger partial charge in [-0.05, 0) is 30.7 Å². The minimum Gasteiger partial charge on any atom is -0.507 e. The number of rotatable bonds is 2. The molecule has 4 rings (SSSR count). The van der Waals surface area contributed by atoms with Crippen molar-refractivity contribution in [2.45, 2.75) is 19.9 Å². The number of aromatic hydroxyl groups is 1. The molecule has 1 aliphatic heterocycles. The molecule has 0 unspecified atom stereocenters. The van der Waals surface area contributed by atoms with Crippen molar-refractivity contribution in [3.63, 3.8) is 0 Å². The quantitative estimate of drug-likeness (QED) is 0.735. The molecule has 26 heavy (non-hydrogen) atoms. The van der Waals surface area contributed by atoms with Gasteiger partial charge in [0.2, 0.25) is 0 Å². The van der Waals surface area contributed by atoms with Gasteiger partial charge in [-0.15, -0.1) is 0 Å². The second kappa shape index (κ2) is 6.50. The van der Waals surface area contributed by atoms with E-state index >= 15 is 0 Å². The van der Waals surface area contributed by atoms with Crippen molar-refractivity contribution in [3.8, 4) is 17.0 Å². The van der Waals surface area contributed by atoms with Gasteiger partial charge in [0.25, 0.3) is 5.91 Å². The molecule has 0 atom stereocenters. The smallest absolute Gasteiger partial charge is 0.257 e. The lowest BCUT2D eigenvalue weighted by Gasteiger charge is -2.26. The number of phenolic OH excluding ortho intramolecular Hbond substituents is 1. The Morgan fingerprint density at radius 1 is 1.23 bits per heavy atom. The van der Waals surface area contributed by atoms with Crippen LogP contribution in [0.2, 0.25) is 5.02 Å². The van der Waals surface area contributed by atoms with E-state index in [1.165, 1.54) is 0 Å². The van der Waals surface area contributed by atoms with Crippen LogP contribution in [0.1, 0.15) is 27.2 Å². The second-order valence-electron chi connectivity index (χ2n) is 6.39. The zero-order valence-corrected chi connectivity index (χ0v) is 15.0. The first kappa shape index (κ1) is 16.7. The maximum Gasteiger partial charge on any atom is 0.257 e. The summed E-state index contributed by atoms with van der Waals surface area (Å²) in [5.74, 6) is 0.638. The third kappa shape index (κ3) is 2.84. The van der Waals surface area contributed by atoms with E-state index in [1.54, 1.807) is 42.2 Å². The lowest BCUT2D eigenvalue weighted by Crippen LogP contribution is -2.35. The summed E-state index contributed by atoms with van der Waals surface area (Å²) >= 11 is 5.96. The SMILES string of the molecule is Cc1cccc(C(=O)N2CCc3onc(-c4ccc(Cl)cc4)c3C2)c1O. The van der Waals surface area contributed by atoms with Crippen molar-refractivity contribution in [3.05, 3.63) is 69.9 Å². The van der Waals surface area contributed by atoms with Gasteiger partial charge in [-0.2, -0.15) is 0 Å². The number of nitrogens with zero attached hydrogens (tertiary/aromatic N) is 2. The molecule has 1 amide bonds. The maximum atomic E-state index is 12.9. The van der Waals surface area contributed by atoms with E-state index in [0.717, 1.165) is 22.6 Å². The Morgan fingerprint density at radius 3 is 2.77 bits per heavy atom. The Balaban J connectivity index is 1.65. The molecular weight excluding hydrogens is 352 g/mol. The zero-order valence-electron chi connectivity index (χ0n) is 14.2. The fourth-order valence-electron chi connectivity index (χ4n) is 3.22. The highest BCUT2D eigenvalue weighted by molar-refractivity contribution is 6.30. The van der Waals surface area contributed by atoms with Gasteiger partial charge in [-0.25, -0.2) is 0 Å². The Hall–Kier alpha value is -2.79. The number of carbonyl (C=O) groups excluding carboxylic acids is 1. The standard InChI is InChI=1S/C20H17ClN2O3/c1-12-3-2-4-15(19(12)24)20(25)23-10-9-17-16(11-23)18(22-26-17)13-5-7-14(21)8-6-13/h2-8,24H,9-11H2,1H3. The first-order valence-corrected chi connectivity index (χ1v) is 8.73. The van der Waals surface area contributed by atoms with Crippen LogP contribution >= 0.6 is 11.6 Å². The van der Waals surface area contributed by atoms with Crippen molar-refractivity contribution in [1.82, 2.24) is 10.1 Å². The Kier molecular flexibility index (Phi) is 4.17. The summed E-state index contributed by atoms with van der Waals surface area (Å²) in [6, 6.07) is 12.6. The largest absolute Gasteiger partial charge is 0.507 e. The minimum atomic E-state index is -0.194. The molecule has 0 saturated heterocycles. The van der Waals surface area contributed by atoms with Crippen LogP contribution < -0.4 is 0 Å². The second-order valence-corrected chi connectivity index (χ2v) is 6.82. The van der Waals surface area contributed by atoms with Crippen LogP contribution in [0.5, 0.6) is 5.75 Å². The molecule has 0 aliphatic carbocycles. The van der Waals surface area contributed by atoms with E-state index in [4.69, 9.17) is 16.1 Å². The molecule has 0 radical (unpaired) electrons. The van der Waals surface area contributed by atoms with Crippen LogP contribution in [-0.4, -0.2) is 27.6 Å². The Bertz CT molecular complexity index is 979. The van der Waals surface area contributed by atoms with Gasteiger partial charge in [0.05, 0.1) is 12.1 Å². The van der Waals surface area contributed by atoms with Crippen molar-refractivity contribution >= 4 is 17.5 Å². The number of aromatic nitrogens is 1. The predicted molar refractivity (Wildman–Crippen MR) is 98.2 cm³/mol. The summed E-state index contributed by atoms with van der Waals surface area (Å²) in [5.41, 5.74) is 3.52. The fraction of sp³-hybridized carbons (Fsp3) is 0.200. The normalized spacial score (nSPS) is 13.5. The van der Waals surface area contributed by atoms with Crippen molar-refractivity contribution < 1.29 is 14.4 Å². The molecule has 0 spiro atoms. The first-order valence-electron chi connectivity index (χ1n) is 8.36. The number of carbonyl (C=O) groups is 1. The van der Waals surface area contributed by atoms with Crippen LogP contribution in [0.3, 0.4) is 0 Å². The number of para-hydroxylation sites is 1. The van der Waals surface area contributed by atoms with Crippen LogP contribution in [0, 0.1) is 6.92 Å². The lowest BCUT2D eigenvalue weighted by atomic mass is 10.0. The van der Waals surface area contributed by atoms with Crippen molar-refractivity contribution in [2.75, 3.05) is 6.54 Å². The average Bonchev–Trinajstić information content (AvgIpc) is 3.07. The van der Waals surface area contributed by atoms with E-state index in [0.29, 0.717) is 35.7 Å². The molecule has 132 valence electrons. The lowest BCUT2D eigenvalue weighted by molar-refractivity contribution is 0.0726. The molecule has 2 aromatic carbocycles.